The Morgan fingerprint density at radius 3 is 2.73 bits per heavy atom. The highest BCUT2D eigenvalue weighted by molar-refractivity contribution is 6.43. The average molecular weight is 579 g/mol. The maximum absolute atomic E-state index is 13.4. The number of ether oxygens (including phenoxy) is 1. The van der Waals surface area contributed by atoms with Crippen molar-refractivity contribution in [2.45, 2.75) is 51.5 Å². The number of hydrogen-bond acceptors (Lipinski definition) is 8. The molecule has 0 spiro atoms. The fourth-order valence-electron chi connectivity index (χ4n) is 6.51. The number of aromatic hydroxyl groups is 1. The van der Waals surface area contributed by atoms with E-state index < -0.39 is 48.9 Å². The number of pyridine rings is 1. The number of imide groups is 3. The summed E-state index contributed by atoms with van der Waals surface area (Å²) in [6.45, 7) is 2.05. The number of phenolic OH excluding ortho intramolecular Hbond substituents is 1. The van der Waals surface area contributed by atoms with Crippen LogP contribution in [0.3, 0.4) is 0 Å². The Morgan fingerprint density at radius 1 is 1.24 bits per heavy atom. The molecule has 1 aromatic heterocycles. The summed E-state index contributed by atoms with van der Waals surface area (Å²) in [6.07, 6.45) is 5.23. The zero-order chi connectivity index (χ0) is 29.3. The van der Waals surface area contributed by atoms with E-state index in [1.165, 1.54) is 6.07 Å². The van der Waals surface area contributed by atoms with Crippen LogP contribution in [0.1, 0.15) is 50.3 Å². The zero-order valence-corrected chi connectivity index (χ0v) is 23.7. The monoisotopic (exact) mass is 578 g/mol. The summed E-state index contributed by atoms with van der Waals surface area (Å²) in [5.41, 5.74) is 4.36. The second-order valence-corrected chi connectivity index (χ2v) is 11.1. The first-order valence-electron chi connectivity index (χ1n) is 13.8. The molecule has 4 atom stereocenters. The standard InChI is InChI=1S/C30H32BClN2O7/c1-3-6-19-14-21-27(29(37)34(28(21)36)30(38)40-2)22-16-31(39)41-25(26(19)22)11-9-18(24-7-4-5-12-33-24)13-17-8-10-20(35)15-23(17)32/h4-5,7-8,10,12-13,15,21-22,25,27,35,39H,3,6,9,11,14,16H2,1-2H3/b18-13-/t21-,22+,25-,27-/m1/s1. The number of benzene rings is 1. The van der Waals surface area contributed by atoms with E-state index in [4.69, 9.17) is 21.0 Å². The summed E-state index contributed by atoms with van der Waals surface area (Å²) in [5, 5.41) is 21.0. The minimum atomic E-state index is -1.13. The third kappa shape index (κ3) is 5.69. The number of phenols is 1. The van der Waals surface area contributed by atoms with Gasteiger partial charge in [-0.2, -0.15) is 4.90 Å². The van der Waals surface area contributed by atoms with Crippen LogP contribution < -0.4 is 0 Å². The van der Waals surface area contributed by atoms with E-state index in [0.717, 1.165) is 47.9 Å². The number of allylic oxidation sites excluding steroid dienone is 2. The van der Waals surface area contributed by atoms with Crippen molar-refractivity contribution in [3.8, 4) is 5.75 Å². The normalized spacial score (nSPS) is 24.4. The van der Waals surface area contributed by atoms with E-state index in [1.54, 1.807) is 18.3 Å². The van der Waals surface area contributed by atoms with Gasteiger partial charge in [0.1, 0.15) is 5.75 Å². The molecule has 2 fully saturated rings. The molecule has 3 amide bonds. The van der Waals surface area contributed by atoms with E-state index in [-0.39, 0.29) is 12.1 Å². The van der Waals surface area contributed by atoms with E-state index in [9.17, 15) is 24.5 Å². The highest BCUT2D eigenvalue weighted by atomic mass is 35.5. The minimum absolute atomic E-state index is 0.0684. The van der Waals surface area contributed by atoms with E-state index in [1.807, 2.05) is 31.2 Å². The summed E-state index contributed by atoms with van der Waals surface area (Å²) in [5.74, 6) is -2.89. The van der Waals surface area contributed by atoms with Gasteiger partial charge in [-0.25, -0.2) is 4.79 Å². The van der Waals surface area contributed by atoms with Crippen molar-refractivity contribution in [1.29, 1.82) is 0 Å². The fourth-order valence-corrected chi connectivity index (χ4v) is 6.74. The fraction of sp³-hybridized carbons (Fsp3) is 0.400. The number of rotatable bonds is 7. The zero-order valence-electron chi connectivity index (χ0n) is 23.0. The van der Waals surface area contributed by atoms with E-state index in [0.29, 0.717) is 29.2 Å². The van der Waals surface area contributed by atoms with Gasteiger partial charge >= 0.3 is 13.2 Å². The Bertz CT molecular complexity index is 1410. The topological polar surface area (TPSA) is 126 Å². The molecule has 9 nitrogen and oxygen atoms in total. The molecule has 2 aromatic rings. The van der Waals surface area contributed by atoms with Crippen LogP contribution in [0.5, 0.6) is 5.75 Å². The van der Waals surface area contributed by atoms with Gasteiger partial charge in [-0.15, -0.1) is 0 Å². The summed E-state index contributed by atoms with van der Waals surface area (Å²) >= 11 is 6.41. The lowest BCUT2D eigenvalue weighted by Gasteiger charge is -2.43. The van der Waals surface area contributed by atoms with Crippen molar-refractivity contribution in [3.05, 3.63) is 70.0 Å². The highest BCUT2D eigenvalue weighted by Crippen LogP contribution is 2.51. The van der Waals surface area contributed by atoms with Crippen LogP contribution in [0.4, 0.5) is 4.79 Å². The molecule has 1 aromatic carbocycles. The number of amides is 3. The molecule has 0 bridgehead atoms. The van der Waals surface area contributed by atoms with E-state index >= 15 is 0 Å². The third-order valence-corrected chi connectivity index (χ3v) is 8.53. The van der Waals surface area contributed by atoms with Gasteiger partial charge in [0, 0.05) is 6.20 Å². The first-order valence-corrected chi connectivity index (χ1v) is 14.2. The van der Waals surface area contributed by atoms with Gasteiger partial charge in [0.25, 0.3) is 0 Å². The summed E-state index contributed by atoms with van der Waals surface area (Å²) in [6, 6.07) is 10.4. The molecular formula is C30H32BClN2O7. The Kier molecular flexibility index (Phi) is 8.63. The van der Waals surface area contributed by atoms with Crippen LogP contribution in [0.15, 0.2) is 53.7 Å². The molecule has 214 valence electrons. The lowest BCUT2D eigenvalue weighted by atomic mass is 9.58. The number of aromatic nitrogens is 1. The molecule has 3 aliphatic rings. The number of hydrogen-bond donors (Lipinski definition) is 2. The van der Waals surface area contributed by atoms with Gasteiger partial charge in [-0.05, 0) is 91.0 Å². The number of halogens is 1. The molecule has 2 aliphatic heterocycles. The number of likely N-dealkylation sites (tertiary alicyclic amines) is 1. The van der Waals surface area contributed by atoms with Gasteiger partial charge in [-0.3, -0.25) is 14.6 Å². The Morgan fingerprint density at radius 2 is 2.05 bits per heavy atom. The highest BCUT2D eigenvalue weighted by Gasteiger charge is 2.59. The van der Waals surface area contributed by atoms with Crippen LogP contribution in [0.2, 0.25) is 11.3 Å². The third-order valence-electron chi connectivity index (χ3n) is 8.20. The quantitative estimate of drug-likeness (QED) is 0.263. The molecule has 0 unspecified atom stereocenters. The van der Waals surface area contributed by atoms with Gasteiger partial charge in [0.2, 0.25) is 11.8 Å². The maximum atomic E-state index is 13.4. The molecule has 41 heavy (non-hydrogen) atoms. The minimum Gasteiger partial charge on any atom is -0.508 e. The number of methoxy groups -OCH3 is 1. The Balaban J connectivity index is 1.49. The van der Waals surface area contributed by atoms with Crippen LogP contribution >= 0.6 is 11.6 Å². The van der Waals surface area contributed by atoms with Gasteiger partial charge in [-0.1, -0.05) is 36.6 Å². The van der Waals surface area contributed by atoms with Crippen molar-refractivity contribution in [1.82, 2.24) is 9.88 Å². The van der Waals surface area contributed by atoms with Crippen LogP contribution in [0, 0.1) is 17.8 Å². The Hall–Kier alpha value is -3.47. The number of carbonyl (C=O) groups is 3. The molecule has 5 rings (SSSR count). The van der Waals surface area contributed by atoms with Crippen molar-refractivity contribution in [2.24, 2.45) is 17.8 Å². The molecule has 11 heteroatoms. The largest absolute Gasteiger partial charge is 0.508 e. The second kappa shape index (κ2) is 12.2. The molecule has 3 heterocycles. The van der Waals surface area contributed by atoms with Crippen molar-refractivity contribution < 1.29 is 33.9 Å². The predicted molar refractivity (Wildman–Crippen MR) is 153 cm³/mol. The molecule has 1 aliphatic carbocycles. The number of nitrogens with zero attached hydrogens (tertiary/aromatic N) is 2. The maximum Gasteiger partial charge on any atom is 0.455 e. The molecule has 0 saturated carbocycles. The smallest absolute Gasteiger partial charge is 0.455 e. The average Bonchev–Trinajstić information content (AvgIpc) is 3.21. The molecule has 0 radical (unpaired) electrons. The van der Waals surface area contributed by atoms with Crippen molar-refractivity contribution >= 4 is 48.3 Å². The second-order valence-electron chi connectivity index (χ2n) is 10.7. The van der Waals surface area contributed by atoms with Crippen LogP contribution in [0.25, 0.3) is 11.6 Å². The van der Waals surface area contributed by atoms with Gasteiger partial charge in [0.05, 0.1) is 35.8 Å². The first-order chi connectivity index (χ1) is 19.7. The molecule has 2 N–H and O–H groups in total. The predicted octanol–water partition coefficient (Wildman–Crippen LogP) is 5.12. The summed E-state index contributed by atoms with van der Waals surface area (Å²) < 4.78 is 10.8. The number of fused-ring (bicyclic) bond motifs is 3. The Labute approximate surface area is 244 Å². The van der Waals surface area contributed by atoms with Gasteiger partial charge < -0.3 is 19.5 Å². The lowest BCUT2D eigenvalue weighted by molar-refractivity contribution is -0.137. The summed E-state index contributed by atoms with van der Waals surface area (Å²) in [7, 11) is 0.0165. The molecule has 2 saturated heterocycles. The summed E-state index contributed by atoms with van der Waals surface area (Å²) in [4.78, 5) is 44.1. The van der Waals surface area contributed by atoms with Crippen LogP contribution in [-0.2, 0) is 19.0 Å². The van der Waals surface area contributed by atoms with Crippen molar-refractivity contribution in [2.75, 3.05) is 7.11 Å². The van der Waals surface area contributed by atoms with Crippen LogP contribution in [-0.4, -0.2) is 58.3 Å². The lowest BCUT2D eigenvalue weighted by Crippen LogP contribution is -2.46. The SMILES string of the molecule is CCCC1=C2[C@@H](CC/C(=C/c3ccc(O)cc3Cl)c3ccccn3)OB(O)C[C@@H]2[C@@H]2C(=O)N(C(=O)OC)C(=O)[C@@H]2C1. The number of carbonyl (C=O) groups excluding carboxylic acids is 3. The van der Waals surface area contributed by atoms with E-state index in [2.05, 4.69) is 4.98 Å². The molecular weight excluding hydrogens is 547 g/mol. The van der Waals surface area contributed by atoms with Crippen molar-refractivity contribution in [3.63, 3.8) is 0 Å². The first kappa shape index (κ1) is 29.0. The van der Waals surface area contributed by atoms with Gasteiger partial charge in [0.15, 0.2) is 0 Å².